The lowest BCUT2D eigenvalue weighted by atomic mass is 10.1. The second kappa shape index (κ2) is 6.36. The van der Waals surface area contributed by atoms with Gasteiger partial charge in [0.2, 0.25) is 5.91 Å². The lowest BCUT2D eigenvalue weighted by molar-refractivity contribution is -0.121. The summed E-state index contributed by atoms with van der Waals surface area (Å²) in [6, 6.07) is 7.79. The minimum Gasteiger partial charge on any atom is -0.356 e. The van der Waals surface area contributed by atoms with Gasteiger partial charge in [-0.3, -0.25) is 4.79 Å². The van der Waals surface area contributed by atoms with Gasteiger partial charge in [0.05, 0.1) is 6.42 Å². The molecule has 4 nitrogen and oxygen atoms in total. The zero-order chi connectivity index (χ0) is 13.8. The molecule has 1 unspecified atom stereocenters. The molecule has 0 aliphatic heterocycles. The molecule has 0 bridgehead atoms. The molecule has 1 heterocycles. The number of para-hydroxylation sites is 1. The molecule has 1 aromatic carbocycles. The van der Waals surface area contributed by atoms with Gasteiger partial charge >= 0.3 is 0 Å². The first-order valence-electron chi connectivity index (χ1n) is 6.30. The Labute approximate surface area is 126 Å². The number of aromatic nitrogens is 1. The molecule has 5 heteroatoms. The number of fused-ring (bicyclic) bond motifs is 1. The van der Waals surface area contributed by atoms with E-state index in [4.69, 9.17) is 4.52 Å². The van der Waals surface area contributed by atoms with Gasteiger partial charge in [0.15, 0.2) is 5.58 Å². The quantitative estimate of drug-likeness (QED) is 0.649. The first-order valence-corrected chi connectivity index (χ1v) is 7.83. The van der Waals surface area contributed by atoms with Gasteiger partial charge in [0.1, 0.15) is 5.69 Å². The van der Waals surface area contributed by atoms with E-state index in [9.17, 15) is 4.79 Å². The molecule has 2 rings (SSSR count). The van der Waals surface area contributed by atoms with E-state index in [1.165, 1.54) is 0 Å². The fourth-order valence-electron chi connectivity index (χ4n) is 1.86. The Morgan fingerprint density at radius 3 is 2.84 bits per heavy atom. The zero-order valence-electron chi connectivity index (χ0n) is 11.0. The summed E-state index contributed by atoms with van der Waals surface area (Å²) in [4.78, 5) is 12.0. The van der Waals surface area contributed by atoms with Crippen LogP contribution >= 0.6 is 22.6 Å². The van der Waals surface area contributed by atoms with Gasteiger partial charge in [-0.05, 0) is 18.1 Å². The van der Waals surface area contributed by atoms with Gasteiger partial charge in [0.25, 0.3) is 0 Å². The van der Waals surface area contributed by atoms with Gasteiger partial charge in [0, 0.05) is 15.9 Å². The predicted molar refractivity (Wildman–Crippen MR) is 83.4 cm³/mol. The normalized spacial score (nSPS) is 12.8. The number of carbonyl (C=O) groups is 1. The zero-order valence-corrected chi connectivity index (χ0v) is 13.2. The maximum atomic E-state index is 12.0. The molecule has 0 fully saturated rings. The molecular weight excluding hydrogens is 355 g/mol. The standard InChI is InChI=1S/C14H17IN2O2/c1-9(2)12(8-15)16-14(18)7-11-10-5-3-4-6-13(10)19-17-11/h3-6,9,12H,7-8H2,1-2H3,(H,16,18). The maximum Gasteiger partial charge on any atom is 0.226 e. The van der Waals surface area contributed by atoms with Crippen LogP contribution in [0.5, 0.6) is 0 Å². The van der Waals surface area contributed by atoms with Gasteiger partial charge in [-0.25, -0.2) is 0 Å². The first kappa shape index (κ1) is 14.3. The Morgan fingerprint density at radius 1 is 1.42 bits per heavy atom. The first-order chi connectivity index (χ1) is 9.11. The van der Waals surface area contributed by atoms with Crippen molar-refractivity contribution in [1.29, 1.82) is 0 Å². The maximum absolute atomic E-state index is 12.0. The molecule has 0 aliphatic carbocycles. The van der Waals surface area contributed by atoms with Crippen LogP contribution < -0.4 is 5.32 Å². The highest BCUT2D eigenvalue weighted by molar-refractivity contribution is 14.1. The van der Waals surface area contributed by atoms with Crippen LogP contribution in [0.4, 0.5) is 0 Å². The van der Waals surface area contributed by atoms with E-state index in [-0.39, 0.29) is 18.4 Å². The van der Waals surface area contributed by atoms with E-state index in [0.717, 1.165) is 15.4 Å². The summed E-state index contributed by atoms with van der Waals surface area (Å²) in [5.41, 5.74) is 1.42. The van der Waals surface area contributed by atoms with Gasteiger partial charge in [-0.15, -0.1) is 0 Å². The highest BCUT2D eigenvalue weighted by atomic mass is 127. The van der Waals surface area contributed by atoms with Crippen LogP contribution in [0.15, 0.2) is 28.8 Å². The van der Waals surface area contributed by atoms with Crippen LogP contribution in [0.2, 0.25) is 0 Å². The Morgan fingerprint density at radius 2 is 2.16 bits per heavy atom. The van der Waals surface area contributed by atoms with Crippen molar-refractivity contribution in [3.8, 4) is 0 Å². The van der Waals surface area contributed by atoms with Gasteiger partial charge < -0.3 is 9.84 Å². The van der Waals surface area contributed by atoms with Crippen molar-refractivity contribution in [3.05, 3.63) is 30.0 Å². The van der Waals surface area contributed by atoms with Crippen molar-refractivity contribution < 1.29 is 9.32 Å². The molecule has 1 N–H and O–H groups in total. The van der Waals surface area contributed by atoms with E-state index < -0.39 is 0 Å². The SMILES string of the molecule is CC(C)C(CI)NC(=O)Cc1noc2ccccc12. The molecule has 0 saturated heterocycles. The number of nitrogens with zero attached hydrogens (tertiary/aromatic N) is 1. The fraction of sp³-hybridized carbons (Fsp3) is 0.429. The summed E-state index contributed by atoms with van der Waals surface area (Å²) in [7, 11) is 0. The number of amides is 1. The van der Waals surface area contributed by atoms with Crippen LogP contribution in [0, 0.1) is 5.92 Å². The van der Waals surface area contributed by atoms with Crippen molar-refractivity contribution in [2.75, 3.05) is 4.43 Å². The highest BCUT2D eigenvalue weighted by Crippen LogP contribution is 2.18. The monoisotopic (exact) mass is 372 g/mol. The van der Waals surface area contributed by atoms with Gasteiger partial charge in [-0.2, -0.15) is 0 Å². The number of rotatable bonds is 5. The van der Waals surface area contributed by atoms with Crippen LogP contribution in [-0.2, 0) is 11.2 Å². The average molecular weight is 372 g/mol. The second-order valence-electron chi connectivity index (χ2n) is 4.87. The van der Waals surface area contributed by atoms with Crippen LogP contribution in [-0.4, -0.2) is 21.5 Å². The molecule has 0 aliphatic rings. The summed E-state index contributed by atoms with van der Waals surface area (Å²) in [5, 5.41) is 7.93. The number of halogens is 1. The molecule has 0 radical (unpaired) electrons. The van der Waals surface area contributed by atoms with E-state index in [1.54, 1.807) is 0 Å². The van der Waals surface area contributed by atoms with E-state index in [2.05, 4.69) is 46.9 Å². The molecule has 2 aromatic rings. The van der Waals surface area contributed by atoms with Gasteiger partial charge in [-0.1, -0.05) is 53.7 Å². The Bertz CT molecular complexity index is 565. The number of benzene rings is 1. The smallest absolute Gasteiger partial charge is 0.226 e. The summed E-state index contributed by atoms with van der Waals surface area (Å²) >= 11 is 2.29. The third kappa shape index (κ3) is 3.46. The molecule has 0 saturated carbocycles. The summed E-state index contributed by atoms with van der Waals surface area (Å²) in [6.45, 7) is 4.21. The van der Waals surface area contributed by atoms with Crippen molar-refractivity contribution in [2.45, 2.75) is 26.3 Å². The van der Waals surface area contributed by atoms with Crippen molar-refractivity contribution in [1.82, 2.24) is 10.5 Å². The largest absolute Gasteiger partial charge is 0.356 e. The summed E-state index contributed by atoms with van der Waals surface area (Å²) in [5.74, 6) is 0.421. The third-order valence-electron chi connectivity index (χ3n) is 3.10. The van der Waals surface area contributed by atoms with E-state index in [0.29, 0.717) is 11.6 Å². The average Bonchev–Trinajstić information content (AvgIpc) is 2.79. The lowest BCUT2D eigenvalue weighted by Gasteiger charge is -2.19. The Balaban J connectivity index is 2.06. The van der Waals surface area contributed by atoms with Crippen LogP contribution in [0.1, 0.15) is 19.5 Å². The molecular formula is C14H17IN2O2. The van der Waals surface area contributed by atoms with Crippen molar-refractivity contribution >= 4 is 39.5 Å². The molecule has 1 atom stereocenters. The molecule has 1 amide bonds. The summed E-state index contributed by atoms with van der Waals surface area (Å²) in [6.07, 6.45) is 0.261. The van der Waals surface area contributed by atoms with Crippen molar-refractivity contribution in [3.63, 3.8) is 0 Å². The number of hydrogen-bond donors (Lipinski definition) is 1. The minimum absolute atomic E-state index is 0.00517. The van der Waals surface area contributed by atoms with Crippen molar-refractivity contribution in [2.24, 2.45) is 5.92 Å². The number of nitrogens with one attached hydrogen (secondary N) is 1. The Hall–Kier alpha value is -1.11. The van der Waals surface area contributed by atoms with E-state index >= 15 is 0 Å². The molecule has 0 spiro atoms. The minimum atomic E-state index is -0.00517. The number of alkyl halides is 1. The fourth-order valence-corrected chi connectivity index (χ4v) is 3.10. The number of carbonyl (C=O) groups excluding carboxylic acids is 1. The predicted octanol–water partition coefficient (Wildman–Crippen LogP) is 2.95. The van der Waals surface area contributed by atoms with Crippen LogP contribution in [0.25, 0.3) is 11.0 Å². The third-order valence-corrected chi connectivity index (χ3v) is 4.05. The number of hydrogen-bond acceptors (Lipinski definition) is 3. The Kier molecular flexibility index (Phi) is 4.79. The summed E-state index contributed by atoms with van der Waals surface area (Å²) < 4.78 is 6.10. The highest BCUT2D eigenvalue weighted by Gasteiger charge is 2.17. The second-order valence-corrected chi connectivity index (χ2v) is 5.76. The van der Waals surface area contributed by atoms with E-state index in [1.807, 2.05) is 24.3 Å². The molecule has 19 heavy (non-hydrogen) atoms. The molecule has 1 aromatic heterocycles. The lowest BCUT2D eigenvalue weighted by Crippen LogP contribution is -2.40. The topological polar surface area (TPSA) is 55.1 Å². The van der Waals surface area contributed by atoms with Crippen LogP contribution in [0.3, 0.4) is 0 Å². The molecule has 102 valence electrons.